The van der Waals surface area contributed by atoms with Gasteiger partial charge < -0.3 is 14.7 Å². The van der Waals surface area contributed by atoms with Gasteiger partial charge in [-0.3, -0.25) is 4.79 Å². The van der Waals surface area contributed by atoms with E-state index >= 15 is 0 Å². The Morgan fingerprint density at radius 1 is 1.00 bits per heavy atom. The maximum Gasteiger partial charge on any atom is 0.337 e. The number of rotatable bonds is 6. The van der Waals surface area contributed by atoms with Crippen molar-refractivity contribution in [1.82, 2.24) is 0 Å². The van der Waals surface area contributed by atoms with Crippen molar-refractivity contribution >= 4 is 29.2 Å². The molecule has 1 aliphatic heterocycles. The van der Waals surface area contributed by atoms with E-state index in [0.29, 0.717) is 10.7 Å². The average molecular weight is 434 g/mol. The molecule has 3 aromatic carbocycles. The number of esters is 1. The molecule has 0 aliphatic carbocycles. The van der Waals surface area contributed by atoms with E-state index in [0.717, 1.165) is 11.1 Å². The number of ether oxygens (including phenoxy) is 1. The molecule has 156 valence electrons. The molecule has 1 amide bonds. The van der Waals surface area contributed by atoms with Gasteiger partial charge in [0.1, 0.15) is 6.61 Å². The molecule has 0 saturated heterocycles. The minimum absolute atomic E-state index is 0.000896. The van der Waals surface area contributed by atoms with Crippen LogP contribution in [0.25, 0.3) is 0 Å². The third-order valence-electron chi connectivity index (χ3n) is 5.27. The first-order chi connectivity index (χ1) is 14.9. The average Bonchev–Trinajstić information content (AvgIpc) is 3.00. The number of aliphatic hydroxyl groups is 1. The van der Waals surface area contributed by atoms with Crippen molar-refractivity contribution in [3.05, 3.63) is 113 Å². The Hall–Kier alpha value is -3.41. The Kier molecular flexibility index (Phi) is 5.63. The summed E-state index contributed by atoms with van der Waals surface area (Å²) in [6.45, 7) is 3.95. The highest BCUT2D eigenvalue weighted by Crippen LogP contribution is 2.46. The van der Waals surface area contributed by atoms with Crippen LogP contribution in [-0.2, 0) is 33.1 Å². The second-order valence-corrected chi connectivity index (χ2v) is 7.73. The number of anilines is 1. The summed E-state index contributed by atoms with van der Waals surface area (Å²) >= 11 is 6.14. The molecule has 0 bridgehead atoms. The van der Waals surface area contributed by atoms with E-state index < -0.39 is 17.5 Å². The van der Waals surface area contributed by atoms with Gasteiger partial charge >= 0.3 is 5.97 Å². The molecule has 0 saturated carbocycles. The summed E-state index contributed by atoms with van der Waals surface area (Å²) in [5, 5.41) is 11.8. The van der Waals surface area contributed by atoms with Gasteiger partial charge in [-0.2, -0.15) is 0 Å². The molecule has 1 atom stereocenters. The molecule has 0 fully saturated rings. The third-order valence-corrected chi connectivity index (χ3v) is 5.51. The zero-order valence-electron chi connectivity index (χ0n) is 16.6. The number of hydrogen-bond acceptors (Lipinski definition) is 4. The summed E-state index contributed by atoms with van der Waals surface area (Å²) in [6, 6.07) is 23.3. The van der Waals surface area contributed by atoms with Crippen LogP contribution in [0.4, 0.5) is 5.69 Å². The fourth-order valence-electron chi connectivity index (χ4n) is 3.63. The fraction of sp³-hybridized carbons (Fsp3) is 0.120. The van der Waals surface area contributed by atoms with E-state index in [2.05, 4.69) is 6.58 Å². The lowest BCUT2D eigenvalue weighted by atomic mass is 9.88. The summed E-state index contributed by atoms with van der Waals surface area (Å²) in [7, 11) is 0. The summed E-state index contributed by atoms with van der Waals surface area (Å²) in [5.41, 5.74) is -0.281. The van der Waals surface area contributed by atoms with E-state index in [4.69, 9.17) is 16.3 Å². The largest absolute Gasteiger partial charge is 0.457 e. The molecule has 0 unspecified atom stereocenters. The highest BCUT2D eigenvalue weighted by molar-refractivity contribution is 6.31. The van der Waals surface area contributed by atoms with Crippen LogP contribution in [0.5, 0.6) is 0 Å². The van der Waals surface area contributed by atoms with Gasteiger partial charge in [0.15, 0.2) is 0 Å². The van der Waals surface area contributed by atoms with Gasteiger partial charge in [0.25, 0.3) is 5.91 Å². The molecule has 1 aliphatic rings. The zero-order chi connectivity index (χ0) is 22.0. The Bertz CT molecular complexity index is 1150. The number of amides is 1. The van der Waals surface area contributed by atoms with E-state index in [1.165, 1.54) is 11.0 Å². The van der Waals surface area contributed by atoms with Gasteiger partial charge in [-0.1, -0.05) is 78.8 Å². The zero-order valence-corrected chi connectivity index (χ0v) is 17.4. The first-order valence-corrected chi connectivity index (χ1v) is 10.1. The molecule has 0 spiro atoms. The number of fused-ring (bicyclic) bond motifs is 1. The normalized spacial score (nSPS) is 17.4. The summed E-state index contributed by atoms with van der Waals surface area (Å²) in [4.78, 5) is 27.5. The quantitative estimate of drug-likeness (QED) is 0.463. The molecular formula is C25H20ClNO4. The lowest BCUT2D eigenvalue weighted by Crippen LogP contribution is -2.43. The number of hydrogen-bond donors (Lipinski definition) is 1. The van der Waals surface area contributed by atoms with Gasteiger partial charge in [0.05, 0.1) is 17.8 Å². The van der Waals surface area contributed by atoms with Crippen LogP contribution in [0.3, 0.4) is 0 Å². The van der Waals surface area contributed by atoms with Crippen molar-refractivity contribution in [1.29, 1.82) is 0 Å². The number of carbonyl (C=O) groups is 2. The van der Waals surface area contributed by atoms with Crippen LogP contribution in [0.15, 0.2) is 91.0 Å². The first kappa shape index (κ1) is 20.8. The highest BCUT2D eigenvalue weighted by Gasteiger charge is 2.54. The third kappa shape index (κ3) is 3.85. The standard InChI is InChI=1S/C25H20ClNO4/c1-17(23(28)31-16-19-10-6-3-7-11-19)25(30)21-14-20(26)12-13-22(21)27(24(25)29)15-18-8-4-2-5-9-18/h2-14,30H,1,15-16H2/t25-/m0/s1. The lowest BCUT2D eigenvalue weighted by molar-refractivity contribution is -0.147. The van der Waals surface area contributed by atoms with Crippen molar-refractivity contribution in [2.75, 3.05) is 4.90 Å². The summed E-state index contributed by atoms with van der Waals surface area (Å²) in [5.74, 6) is -1.53. The van der Waals surface area contributed by atoms with Gasteiger partial charge in [-0.25, -0.2) is 4.79 Å². The number of carbonyl (C=O) groups excluding carboxylic acids is 2. The Balaban J connectivity index is 1.64. The van der Waals surface area contributed by atoms with Crippen molar-refractivity contribution in [3.8, 4) is 0 Å². The summed E-state index contributed by atoms with van der Waals surface area (Å²) < 4.78 is 5.31. The lowest BCUT2D eigenvalue weighted by Gasteiger charge is -2.24. The molecule has 1 heterocycles. The van der Waals surface area contributed by atoms with Gasteiger partial charge in [-0.15, -0.1) is 0 Å². The molecule has 5 nitrogen and oxygen atoms in total. The summed E-state index contributed by atoms with van der Waals surface area (Å²) in [6.07, 6.45) is 0. The Morgan fingerprint density at radius 2 is 1.61 bits per heavy atom. The molecule has 4 rings (SSSR count). The maximum atomic E-state index is 13.4. The van der Waals surface area contributed by atoms with Crippen LogP contribution in [0.2, 0.25) is 5.02 Å². The molecule has 3 aromatic rings. The van der Waals surface area contributed by atoms with Crippen LogP contribution in [0.1, 0.15) is 16.7 Å². The van der Waals surface area contributed by atoms with Gasteiger partial charge in [-0.05, 0) is 29.3 Å². The van der Waals surface area contributed by atoms with Crippen LogP contribution in [0, 0.1) is 0 Å². The van der Waals surface area contributed by atoms with Gasteiger partial charge in [0.2, 0.25) is 5.60 Å². The molecule has 6 heteroatoms. The van der Waals surface area contributed by atoms with Gasteiger partial charge in [0, 0.05) is 10.6 Å². The topological polar surface area (TPSA) is 66.8 Å². The van der Waals surface area contributed by atoms with E-state index in [1.807, 2.05) is 60.7 Å². The SMILES string of the molecule is C=C(C(=O)OCc1ccccc1)[C@@]1(O)C(=O)N(Cc2ccccc2)c2ccc(Cl)cc21. The van der Waals surface area contributed by atoms with E-state index in [9.17, 15) is 14.7 Å². The first-order valence-electron chi connectivity index (χ1n) is 9.70. The van der Waals surface area contributed by atoms with Crippen LogP contribution < -0.4 is 4.90 Å². The molecule has 31 heavy (non-hydrogen) atoms. The van der Waals surface area contributed by atoms with E-state index in [1.54, 1.807) is 12.1 Å². The van der Waals surface area contributed by atoms with Crippen molar-refractivity contribution in [3.63, 3.8) is 0 Å². The second kappa shape index (κ2) is 8.38. The fourth-order valence-corrected chi connectivity index (χ4v) is 3.80. The molecule has 1 N–H and O–H groups in total. The Morgan fingerprint density at radius 3 is 2.26 bits per heavy atom. The predicted octanol–water partition coefficient (Wildman–Crippen LogP) is 4.37. The minimum atomic E-state index is -2.26. The number of halogens is 1. The highest BCUT2D eigenvalue weighted by atomic mass is 35.5. The molecular weight excluding hydrogens is 414 g/mol. The van der Waals surface area contributed by atoms with Crippen LogP contribution in [-0.4, -0.2) is 17.0 Å². The number of nitrogens with zero attached hydrogens (tertiary/aromatic N) is 1. The van der Waals surface area contributed by atoms with Crippen molar-refractivity contribution in [2.24, 2.45) is 0 Å². The number of benzene rings is 3. The van der Waals surface area contributed by atoms with Crippen LogP contribution >= 0.6 is 11.6 Å². The second-order valence-electron chi connectivity index (χ2n) is 7.29. The Labute approximate surface area is 185 Å². The van der Waals surface area contributed by atoms with Crippen molar-refractivity contribution < 1.29 is 19.4 Å². The molecule has 0 radical (unpaired) electrons. The smallest absolute Gasteiger partial charge is 0.337 e. The minimum Gasteiger partial charge on any atom is -0.457 e. The monoisotopic (exact) mass is 433 g/mol. The van der Waals surface area contributed by atoms with E-state index in [-0.39, 0.29) is 24.3 Å². The predicted molar refractivity (Wildman–Crippen MR) is 118 cm³/mol. The maximum absolute atomic E-state index is 13.4. The van der Waals surface area contributed by atoms with Crippen molar-refractivity contribution in [2.45, 2.75) is 18.8 Å². The molecule has 0 aromatic heterocycles.